The third-order valence-corrected chi connectivity index (χ3v) is 4.05. The molecule has 0 bridgehead atoms. The average Bonchev–Trinajstić information content (AvgIpc) is 2.15. The first-order valence-corrected chi connectivity index (χ1v) is 6.34. The summed E-state index contributed by atoms with van der Waals surface area (Å²) >= 11 is 3.60. The summed E-state index contributed by atoms with van der Waals surface area (Å²) in [5.41, 5.74) is 5.15. The first kappa shape index (κ1) is 11.2. The van der Waals surface area contributed by atoms with E-state index in [1.807, 2.05) is 0 Å². The highest BCUT2D eigenvalue weighted by atomic mass is 79.9. The summed E-state index contributed by atoms with van der Waals surface area (Å²) in [5.74, 6) is 0. The van der Waals surface area contributed by atoms with Crippen LogP contribution < -0.4 is 0 Å². The second-order valence-electron chi connectivity index (χ2n) is 6.09. The number of halogens is 1. The molecule has 0 heterocycles. The van der Waals surface area contributed by atoms with Gasteiger partial charge in [-0.15, -0.1) is 0 Å². The van der Waals surface area contributed by atoms with E-state index in [9.17, 15) is 0 Å². The van der Waals surface area contributed by atoms with Crippen molar-refractivity contribution < 1.29 is 0 Å². The van der Waals surface area contributed by atoms with Crippen molar-refractivity contribution in [3.63, 3.8) is 0 Å². The molecule has 1 aliphatic rings. The van der Waals surface area contributed by atoms with E-state index in [-0.39, 0.29) is 0 Å². The summed E-state index contributed by atoms with van der Waals surface area (Å²) < 4.78 is 1.21. The van der Waals surface area contributed by atoms with Crippen LogP contribution in [0.4, 0.5) is 0 Å². The van der Waals surface area contributed by atoms with Crippen LogP contribution in [0.15, 0.2) is 16.6 Å². The molecule has 0 unspecified atom stereocenters. The highest BCUT2D eigenvalue weighted by Crippen LogP contribution is 2.51. The molecule has 0 saturated heterocycles. The standard InChI is InChI=1S/C14H19Br/c1-9-6-10(15)7-11-12(9)14(4,5)8-13(11,2)3/h6-7H,8H2,1-5H3. The van der Waals surface area contributed by atoms with E-state index < -0.39 is 0 Å². The van der Waals surface area contributed by atoms with Crippen molar-refractivity contribution in [1.82, 2.24) is 0 Å². The number of hydrogen-bond acceptors (Lipinski definition) is 0. The van der Waals surface area contributed by atoms with Crippen LogP contribution in [0.1, 0.15) is 50.8 Å². The van der Waals surface area contributed by atoms with E-state index in [0.717, 1.165) is 0 Å². The molecule has 0 saturated carbocycles. The minimum absolute atomic E-state index is 0.313. The van der Waals surface area contributed by atoms with Gasteiger partial charge in [0.25, 0.3) is 0 Å². The first-order chi connectivity index (χ1) is 6.74. The van der Waals surface area contributed by atoms with Crippen molar-refractivity contribution in [2.24, 2.45) is 0 Å². The largest absolute Gasteiger partial charge is 0.0558 e. The zero-order valence-electron chi connectivity index (χ0n) is 10.2. The molecule has 0 nitrogen and oxygen atoms in total. The molecule has 0 spiro atoms. The molecule has 2 rings (SSSR count). The second kappa shape index (κ2) is 3.10. The quantitative estimate of drug-likeness (QED) is 0.638. The Balaban J connectivity index is 2.75. The van der Waals surface area contributed by atoms with Crippen LogP contribution in [0.5, 0.6) is 0 Å². The molecule has 0 amide bonds. The lowest BCUT2D eigenvalue weighted by Gasteiger charge is -2.23. The molecule has 0 atom stereocenters. The van der Waals surface area contributed by atoms with Crippen molar-refractivity contribution in [2.75, 3.05) is 0 Å². The fourth-order valence-electron chi connectivity index (χ4n) is 3.46. The van der Waals surface area contributed by atoms with Gasteiger partial charge >= 0.3 is 0 Å². The second-order valence-corrected chi connectivity index (χ2v) is 7.01. The Hall–Kier alpha value is -0.300. The molecular weight excluding hydrogens is 248 g/mol. The van der Waals surface area contributed by atoms with Gasteiger partial charge in [-0.25, -0.2) is 0 Å². The van der Waals surface area contributed by atoms with Crippen molar-refractivity contribution in [2.45, 2.75) is 51.9 Å². The predicted octanol–water partition coefficient (Wildman–Crippen LogP) is 4.72. The maximum Gasteiger partial charge on any atom is 0.0181 e. The Morgan fingerprint density at radius 1 is 1.07 bits per heavy atom. The van der Waals surface area contributed by atoms with Crippen LogP contribution in [0, 0.1) is 6.92 Å². The summed E-state index contributed by atoms with van der Waals surface area (Å²) in [6, 6.07) is 4.54. The van der Waals surface area contributed by atoms with Crippen molar-refractivity contribution in [1.29, 1.82) is 0 Å². The summed E-state index contributed by atoms with van der Waals surface area (Å²) in [4.78, 5) is 0. The molecule has 82 valence electrons. The average molecular weight is 267 g/mol. The molecular formula is C14H19Br. The molecule has 1 aliphatic carbocycles. The summed E-state index contributed by atoms with van der Waals surface area (Å²) in [5, 5.41) is 0. The van der Waals surface area contributed by atoms with E-state index in [4.69, 9.17) is 0 Å². The first-order valence-electron chi connectivity index (χ1n) is 5.55. The molecule has 0 aliphatic heterocycles. The third kappa shape index (κ3) is 1.65. The number of hydrogen-bond donors (Lipinski definition) is 0. The minimum atomic E-state index is 0.313. The fourth-order valence-corrected chi connectivity index (χ4v) is 4.04. The van der Waals surface area contributed by atoms with Gasteiger partial charge in [0.2, 0.25) is 0 Å². The SMILES string of the molecule is Cc1cc(Br)cc2c1C(C)(C)CC2(C)C. The lowest BCUT2D eigenvalue weighted by molar-refractivity contribution is 0.402. The molecule has 15 heavy (non-hydrogen) atoms. The Labute approximate surface area is 101 Å². The Morgan fingerprint density at radius 3 is 2.27 bits per heavy atom. The molecule has 1 heteroatoms. The van der Waals surface area contributed by atoms with Gasteiger partial charge in [-0.1, -0.05) is 43.6 Å². The molecule has 1 aromatic carbocycles. The van der Waals surface area contributed by atoms with Crippen LogP contribution >= 0.6 is 15.9 Å². The molecule has 1 aromatic rings. The molecule has 0 fully saturated rings. The van der Waals surface area contributed by atoms with Gasteiger partial charge in [-0.3, -0.25) is 0 Å². The van der Waals surface area contributed by atoms with Crippen molar-refractivity contribution in [3.05, 3.63) is 33.3 Å². The van der Waals surface area contributed by atoms with Gasteiger partial charge in [-0.2, -0.15) is 0 Å². The van der Waals surface area contributed by atoms with Crippen LogP contribution in [-0.2, 0) is 10.8 Å². The van der Waals surface area contributed by atoms with E-state index >= 15 is 0 Å². The summed E-state index contributed by atoms with van der Waals surface area (Å²) in [6.07, 6.45) is 1.24. The zero-order chi connectivity index (χ0) is 11.4. The molecule has 0 radical (unpaired) electrons. The lowest BCUT2D eigenvalue weighted by atomic mass is 9.81. The number of aryl methyl sites for hydroxylation is 1. The number of rotatable bonds is 0. The van der Waals surface area contributed by atoms with Crippen LogP contribution in [0.3, 0.4) is 0 Å². The Bertz CT molecular complexity index is 414. The highest BCUT2D eigenvalue weighted by molar-refractivity contribution is 9.10. The molecule has 0 aromatic heterocycles. The number of benzene rings is 1. The maximum absolute atomic E-state index is 3.60. The summed E-state index contributed by atoms with van der Waals surface area (Å²) in [6.45, 7) is 11.7. The number of fused-ring (bicyclic) bond motifs is 1. The van der Waals surface area contributed by atoms with Gasteiger partial charge < -0.3 is 0 Å². The van der Waals surface area contributed by atoms with Gasteiger partial charge in [0.15, 0.2) is 0 Å². The van der Waals surface area contributed by atoms with Crippen molar-refractivity contribution in [3.8, 4) is 0 Å². The van der Waals surface area contributed by atoms with E-state index in [0.29, 0.717) is 10.8 Å². The monoisotopic (exact) mass is 266 g/mol. The highest BCUT2D eigenvalue weighted by Gasteiger charge is 2.42. The van der Waals surface area contributed by atoms with Crippen LogP contribution in [0.25, 0.3) is 0 Å². The van der Waals surface area contributed by atoms with Crippen LogP contribution in [-0.4, -0.2) is 0 Å². The summed E-state index contributed by atoms with van der Waals surface area (Å²) in [7, 11) is 0. The maximum atomic E-state index is 3.60. The Kier molecular flexibility index (Phi) is 2.31. The lowest BCUT2D eigenvalue weighted by Crippen LogP contribution is -2.18. The topological polar surface area (TPSA) is 0 Å². The van der Waals surface area contributed by atoms with Gasteiger partial charge in [-0.05, 0) is 53.0 Å². The smallest absolute Gasteiger partial charge is 0.0181 e. The minimum Gasteiger partial charge on any atom is -0.0558 e. The van der Waals surface area contributed by atoms with E-state index in [2.05, 4.69) is 62.7 Å². The van der Waals surface area contributed by atoms with E-state index in [1.165, 1.54) is 22.0 Å². The van der Waals surface area contributed by atoms with E-state index in [1.54, 1.807) is 5.56 Å². The normalized spacial score (nSPS) is 21.5. The van der Waals surface area contributed by atoms with Gasteiger partial charge in [0.05, 0.1) is 0 Å². The van der Waals surface area contributed by atoms with Gasteiger partial charge in [0, 0.05) is 4.47 Å². The van der Waals surface area contributed by atoms with Crippen LogP contribution in [0.2, 0.25) is 0 Å². The predicted molar refractivity (Wildman–Crippen MR) is 69.5 cm³/mol. The Morgan fingerprint density at radius 2 is 1.67 bits per heavy atom. The fraction of sp³-hybridized carbons (Fsp3) is 0.571. The third-order valence-electron chi connectivity index (χ3n) is 3.59. The molecule has 0 N–H and O–H groups in total. The van der Waals surface area contributed by atoms with Crippen molar-refractivity contribution >= 4 is 15.9 Å². The van der Waals surface area contributed by atoms with Gasteiger partial charge in [0.1, 0.15) is 0 Å². The zero-order valence-corrected chi connectivity index (χ0v) is 11.8.